The summed E-state index contributed by atoms with van der Waals surface area (Å²) in [6, 6.07) is 11.6. The predicted molar refractivity (Wildman–Crippen MR) is 109 cm³/mol. The molecule has 3 rings (SSSR count). The number of amides is 2. The molecule has 29 heavy (non-hydrogen) atoms. The van der Waals surface area contributed by atoms with Gasteiger partial charge in [-0.25, -0.2) is 0 Å². The number of hydrogen-bond acceptors (Lipinski definition) is 5. The van der Waals surface area contributed by atoms with Crippen LogP contribution in [0.15, 0.2) is 42.5 Å². The van der Waals surface area contributed by atoms with Crippen molar-refractivity contribution in [3.05, 3.63) is 53.6 Å². The molecule has 0 aromatic heterocycles. The normalized spacial score (nSPS) is 14.3. The zero-order valence-corrected chi connectivity index (χ0v) is 16.7. The number of nitrogens with zero attached hydrogens (tertiary/aromatic N) is 1. The van der Waals surface area contributed by atoms with Gasteiger partial charge in [0.05, 0.1) is 19.8 Å². The number of nitrogens with one attached hydrogen (secondary N) is 1. The van der Waals surface area contributed by atoms with E-state index in [1.807, 2.05) is 0 Å². The lowest BCUT2D eigenvalue weighted by Gasteiger charge is -2.32. The average Bonchev–Trinajstić information content (AvgIpc) is 2.77. The second-order valence-corrected chi connectivity index (χ2v) is 7.03. The number of phenolic OH excluding ortho intramolecular Hbond substituents is 1. The summed E-state index contributed by atoms with van der Waals surface area (Å²) in [5.74, 6) is 1.06. The average molecular weight is 398 g/mol. The van der Waals surface area contributed by atoms with E-state index in [0.29, 0.717) is 48.2 Å². The van der Waals surface area contributed by atoms with Crippen LogP contribution in [0.4, 0.5) is 0 Å². The maximum Gasteiger partial charge on any atom is 0.257 e. The standard InChI is InChI=1S/C22H26N2O5/c1-28-19-8-7-16(13-20(19)29-2)21(26)23-14-15-9-11-24(12-10-15)22(27)17-5-3-4-6-18(17)25/h3-8,13,15,25H,9-12,14H2,1-2H3,(H,23,26). The molecular weight excluding hydrogens is 372 g/mol. The van der Waals surface area contributed by atoms with Crippen molar-refractivity contribution in [3.8, 4) is 17.2 Å². The molecule has 7 heteroatoms. The first-order chi connectivity index (χ1) is 14.0. The van der Waals surface area contributed by atoms with E-state index in [9.17, 15) is 14.7 Å². The fourth-order valence-electron chi connectivity index (χ4n) is 3.48. The quantitative estimate of drug-likeness (QED) is 0.781. The van der Waals surface area contributed by atoms with E-state index < -0.39 is 0 Å². The molecule has 1 fully saturated rings. The molecule has 0 aliphatic carbocycles. The van der Waals surface area contributed by atoms with E-state index in [0.717, 1.165) is 12.8 Å². The summed E-state index contributed by atoms with van der Waals surface area (Å²) in [5.41, 5.74) is 0.836. The van der Waals surface area contributed by atoms with Gasteiger partial charge in [-0.2, -0.15) is 0 Å². The number of likely N-dealkylation sites (tertiary alicyclic amines) is 1. The first-order valence-electron chi connectivity index (χ1n) is 9.61. The molecule has 1 aliphatic rings. The van der Waals surface area contributed by atoms with Crippen molar-refractivity contribution in [1.82, 2.24) is 10.2 Å². The fraction of sp³-hybridized carbons (Fsp3) is 0.364. The van der Waals surface area contributed by atoms with Gasteiger partial charge in [0, 0.05) is 25.2 Å². The lowest BCUT2D eigenvalue weighted by atomic mass is 9.96. The van der Waals surface area contributed by atoms with E-state index in [2.05, 4.69) is 5.32 Å². The van der Waals surface area contributed by atoms with Gasteiger partial charge in [-0.15, -0.1) is 0 Å². The van der Waals surface area contributed by atoms with Crippen LogP contribution in [0, 0.1) is 5.92 Å². The Morgan fingerprint density at radius 1 is 1.07 bits per heavy atom. The van der Waals surface area contributed by atoms with Crippen LogP contribution in [-0.4, -0.2) is 55.7 Å². The van der Waals surface area contributed by atoms with Crippen molar-refractivity contribution in [1.29, 1.82) is 0 Å². The molecule has 1 aliphatic heterocycles. The van der Waals surface area contributed by atoms with Gasteiger partial charge < -0.3 is 24.8 Å². The van der Waals surface area contributed by atoms with Crippen molar-refractivity contribution in [2.45, 2.75) is 12.8 Å². The number of aromatic hydroxyl groups is 1. The van der Waals surface area contributed by atoms with Gasteiger partial charge in [-0.3, -0.25) is 9.59 Å². The SMILES string of the molecule is COc1ccc(C(=O)NCC2CCN(C(=O)c3ccccc3O)CC2)cc1OC. The Kier molecular flexibility index (Phi) is 6.59. The lowest BCUT2D eigenvalue weighted by Crippen LogP contribution is -2.41. The van der Waals surface area contributed by atoms with Crippen molar-refractivity contribution in [2.24, 2.45) is 5.92 Å². The Morgan fingerprint density at radius 2 is 1.76 bits per heavy atom. The smallest absolute Gasteiger partial charge is 0.257 e. The molecule has 2 aromatic rings. The number of benzene rings is 2. The fourth-order valence-corrected chi connectivity index (χ4v) is 3.48. The minimum Gasteiger partial charge on any atom is -0.507 e. The van der Waals surface area contributed by atoms with Crippen molar-refractivity contribution in [2.75, 3.05) is 33.9 Å². The van der Waals surface area contributed by atoms with Crippen molar-refractivity contribution >= 4 is 11.8 Å². The number of phenols is 1. The van der Waals surface area contributed by atoms with Gasteiger partial charge in [0.15, 0.2) is 11.5 Å². The minimum atomic E-state index is -0.168. The van der Waals surface area contributed by atoms with E-state index in [1.54, 1.807) is 48.4 Å². The molecule has 0 bridgehead atoms. The molecule has 0 atom stereocenters. The second-order valence-electron chi connectivity index (χ2n) is 7.03. The Labute approximate surface area is 170 Å². The predicted octanol–water partition coefficient (Wildman–Crippen LogP) is 2.69. The number of carbonyl (C=O) groups excluding carboxylic acids is 2. The number of para-hydroxylation sites is 1. The van der Waals surface area contributed by atoms with E-state index in [4.69, 9.17) is 9.47 Å². The van der Waals surface area contributed by atoms with Gasteiger partial charge in [0.1, 0.15) is 5.75 Å². The Hall–Kier alpha value is -3.22. The molecule has 0 saturated carbocycles. The summed E-state index contributed by atoms with van der Waals surface area (Å²) in [6.07, 6.45) is 1.59. The largest absolute Gasteiger partial charge is 0.507 e. The summed E-state index contributed by atoms with van der Waals surface area (Å²) in [6.45, 7) is 1.75. The number of carbonyl (C=O) groups is 2. The van der Waals surface area contributed by atoms with Crippen molar-refractivity contribution in [3.63, 3.8) is 0 Å². The third-order valence-corrected chi connectivity index (χ3v) is 5.23. The summed E-state index contributed by atoms with van der Waals surface area (Å²) < 4.78 is 10.4. The van der Waals surface area contributed by atoms with Crippen LogP contribution in [0.25, 0.3) is 0 Å². The molecule has 154 valence electrons. The molecule has 2 amide bonds. The molecule has 7 nitrogen and oxygen atoms in total. The van der Waals surface area contributed by atoms with Crippen LogP contribution in [0.2, 0.25) is 0 Å². The van der Waals surface area contributed by atoms with E-state index >= 15 is 0 Å². The van der Waals surface area contributed by atoms with Crippen LogP contribution in [0.3, 0.4) is 0 Å². The summed E-state index contributed by atoms with van der Waals surface area (Å²) in [7, 11) is 3.08. The highest BCUT2D eigenvalue weighted by Gasteiger charge is 2.25. The van der Waals surface area contributed by atoms with Gasteiger partial charge in [-0.05, 0) is 49.1 Å². The highest BCUT2D eigenvalue weighted by molar-refractivity contribution is 5.97. The summed E-state index contributed by atoms with van der Waals surface area (Å²) in [4.78, 5) is 26.8. The Bertz CT molecular complexity index is 875. The summed E-state index contributed by atoms with van der Waals surface area (Å²) in [5, 5.41) is 12.8. The van der Waals surface area contributed by atoms with Crippen molar-refractivity contribution < 1.29 is 24.2 Å². The number of methoxy groups -OCH3 is 2. The Balaban J connectivity index is 1.50. The Morgan fingerprint density at radius 3 is 2.41 bits per heavy atom. The van der Waals surface area contributed by atoms with Crippen LogP contribution in [0.1, 0.15) is 33.6 Å². The molecular formula is C22H26N2O5. The molecule has 2 N–H and O–H groups in total. The molecule has 0 spiro atoms. The van der Waals surface area contributed by atoms with Crippen LogP contribution >= 0.6 is 0 Å². The number of piperidine rings is 1. The first-order valence-corrected chi connectivity index (χ1v) is 9.61. The number of hydrogen-bond donors (Lipinski definition) is 2. The molecule has 1 saturated heterocycles. The van der Waals surface area contributed by atoms with Gasteiger partial charge >= 0.3 is 0 Å². The van der Waals surface area contributed by atoms with Crippen LogP contribution < -0.4 is 14.8 Å². The second kappa shape index (κ2) is 9.32. The topological polar surface area (TPSA) is 88.1 Å². The monoisotopic (exact) mass is 398 g/mol. The number of rotatable bonds is 6. The summed E-state index contributed by atoms with van der Waals surface area (Å²) >= 11 is 0. The molecule has 0 radical (unpaired) electrons. The minimum absolute atomic E-state index is 0.00167. The third kappa shape index (κ3) is 4.80. The van der Waals surface area contributed by atoms with E-state index in [-0.39, 0.29) is 17.6 Å². The third-order valence-electron chi connectivity index (χ3n) is 5.23. The first kappa shape index (κ1) is 20.5. The molecule has 0 unspecified atom stereocenters. The zero-order chi connectivity index (χ0) is 20.8. The maximum atomic E-state index is 12.6. The number of ether oxygens (including phenoxy) is 2. The highest BCUT2D eigenvalue weighted by Crippen LogP contribution is 2.27. The zero-order valence-electron chi connectivity index (χ0n) is 16.7. The molecule has 2 aromatic carbocycles. The lowest BCUT2D eigenvalue weighted by molar-refractivity contribution is 0.0681. The van der Waals surface area contributed by atoms with Gasteiger partial charge in [0.2, 0.25) is 0 Å². The van der Waals surface area contributed by atoms with Crippen LogP contribution in [-0.2, 0) is 0 Å². The van der Waals surface area contributed by atoms with Gasteiger partial charge in [-0.1, -0.05) is 12.1 Å². The van der Waals surface area contributed by atoms with E-state index in [1.165, 1.54) is 13.2 Å². The van der Waals surface area contributed by atoms with Gasteiger partial charge in [0.25, 0.3) is 11.8 Å². The highest BCUT2D eigenvalue weighted by atomic mass is 16.5. The van der Waals surface area contributed by atoms with Crippen LogP contribution in [0.5, 0.6) is 17.2 Å². The molecule has 1 heterocycles. The maximum absolute atomic E-state index is 12.6.